The highest BCUT2D eigenvalue weighted by atomic mass is 16.5. The number of aliphatic hydroxyl groups is 1. The van der Waals surface area contributed by atoms with Gasteiger partial charge < -0.3 is 26.2 Å². The van der Waals surface area contributed by atoms with Crippen LogP contribution < -0.4 is 11.5 Å². The third kappa shape index (κ3) is 3.15. The van der Waals surface area contributed by atoms with Crippen molar-refractivity contribution in [1.82, 2.24) is 4.90 Å². The van der Waals surface area contributed by atoms with Gasteiger partial charge in [0.1, 0.15) is 0 Å². The third-order valence-corrected chi connectivity index (χ3v) is 3.04. The highest BCUT2D eigenvalue weighted by Gasteiger charge is 2.28. The Balaban J connectivity index is 2.18. The number of hydrogen-bond acceptors (Lipinski definition) is 5. The number of rotatable bonds is 2. The Morgan fingerprint density at radius 3 is 2.58 bits per heavy atom. The van der Waals surface area contributed by atoms with Gasteiger partial charge in [0.25, 0.3) is 5.91 Å². The Labute approximate surface area is 111 Å². The van der Waals surface area contributed by atoms with Gasteiger partial charge in [-0.05, 0) is 25.1 Å². The first-order chi connectivity index (χ1) is 8.99. The van der Waals surface area contributed by atoms with Crippen LogP contribution in [0.2, 0.25) is 0 Å². The van der Waals surface area contributed by atoms with E-state index in [0.29, 0.717) is 30.0 Å². The molecule has 2 atom stereocenters. The lowest BCUT2D eigenvalue weighted by atomic mass is 10.1. The van der Waals surface area contributed by atoms with Crippen molar-refractivity contribution < 1.29 is 14.6 Å². The minimum absolute atomic E-state index is 0.103. The van der Waals surface area contributed by atoms with Crippen LogP contribution >= 0.6 is 0 Å². The number of carbonyl (C=O) groups is 1. The molecule has 0 aliphatic carbocycles. The zero-order valence-electron chi connectivity index (χ0n) is 10.9. The molecule has 1 heterocycles. The summed E-state index contributed by atoms with van der Waals surface area (Å²) in [5, 5.41) is 9.16. The van der Waals surface area contributed by atoms with E-state index in [-0.39, 0.29) is 24.7 Å². The van der Waals surface area contributed by atoms with Gasteiger partial charge in [0.05, 0.1) is 18.8 Å². The Kier molecular flexibility index (Phi) is 3.92. The first kappa shape index (κ1) is 13.6. The van der Waals surface area contributed by atoms with E-state index in [9.17, 15) is 4.79 Å². The molecule has 0 saturated carbocycles. The molecule has 0 spiro atoms. The molecule has 1 aromatic carbocycles. The van der Waals surface area contributed by atoms with E-state index in [2.05, 4.69) is 0 Å². The molecule has 1 aliphatic heterocycles. The second kappa shape index (κ2) is 5.46. The van der Waals surface area contributed by atoms with Crippen molar-refractivity contribution in [2.75, 3.05) is 31.2 Å². The summed E-state index contributed by atoms with van der Waals surface area (Å²) < 4.78 is 5.51. The van der Waals surface area contributed by atoms with Crippen molar-refractivity contribution >= 4 is 17.3 Å². The molecule has 2 unspecified atom stereocenters. The number of nitrogen functional groups attached to an aromatic ring is 2. The van der Waals surface area contributed by atoms with Crippen LogP contribution in [0.4, 0.5) is 11.4 Å². The average molecular weight is 265 g/mol. The Bertz CT molecular complexity index is 458. The predicted octanol–water partition coefficient (Wildman–Crippen LogP) is 0.0728. The number of benzene rings is 1. The van der Waals surface area contributed by atoms with Crippen molar-refractivity contribution in [3.63, 3.8) is 0 Å². The van der Waals surface area contributed by atoms with Gasteiger partial charge in [-0.15, -0.1) is 0 Å². The lowest BCUT2D eigenvalue weighted by Gasteiger charge is -2.36. The van der Waals surface area contributed by atoms with Gasteiger partial charge >= 0.3 is 0 Å². The van der Waals surface area contributed by atoms with Crippen LogP contribution in [0.1, 0.15) is 17.3 Å². The first-order valence-electron chi connectivity index (χ1n) is 6.21. The maximum absolute atomic E-state index is 12.4. The van der Waals surface area contributed by atoms with Gasteiger partial charge in [0, 0.05) is 30.0 Å². The standard InChI is InChI=1S/C13H19N3O3/c1-8-5-16(6-12(7-17)19-8)13(18)9-2-10(14)4-11(15)3-9/h2-4,8,12,17H,5-7,14-15H2,1H3. The van der Waals surface area contributed by atoms with Crippen LogP contribution in [0.3, 0.4) is 0 Å². The Morgan fingerprint density at radius 2 is 2.00 bits per heavy atom. The minimum Gasteiger partial charge on any atom is -0.399 e. The molecule has 104 valence electrons. The van der Waals surface area contributed by atoms with Gasteiger partial charge in [0.15, 0.2) is 0 Å². The number of nitrogens with zero attached hydrogens (tertiary/aromatic N) is 1. The average Bonchev–Trinajstić information content (AvgIpc) is 2.35. The molecule has 1 aromatic rings. The molecule has 0 radical (unpaired) electrons. The van der Waals surface area contributed by atoms with E-state index in [0.717, 1.165) is 0 Å². The molecule has 0 aromatic heterocycles. The molecular formula is C13H19N3O3. The highest BCUT2D eigenvalue weighted by molar-refractivity contribution is 5.96. The van der Waals surface area contributed by atoms with Gasteiger partial charge in [-0.3, -0.25) is 4.79 Å². The SMILES string of the molecule is CC1CN(C(=O)c2cc(N)cc(N)c2)CC(CO)O1. The van der Waals surface area contributed by atoms with Crippen molar-refractivity contribution in [2.24, 2.45) is 0 Å². The summed E-state index contributed by atoms with van der Waals surface area (Å²) in [4.78, 5) is 14.0. The van der Waals surface area contributed by atoms with Crippen molar-refractivity contribution in [3.8, 4) is 0 Å². The van der Waals surface area contributed by atoms with E-state index in [1.165, 1.54) is 0 Å². The summed E-state index contributed by atoms with van der Waals surface area (Å²) >= 11 is 0. The minimum atomic E-state index is -0.342. The summed E-state index contributed by atoms with van der Waals surface area (Å²) in [6, 6.07) is 4.81. The number of amides is 1. The smallest absolute Gasteiger partial charge is 0.254 e. The number of ether oxygens (including phenoxy) is 1. The lowest BCUT2D eigenvalue weighted by Crippen LogP contribution is -2.50. The van der Waals surface area contributed by atoms with Gasteiger partial charge in [-0.1, -0.05) is 0 Å². The van der Waals surface area contributed by atoms with Crippen LogP contribution in [0, 0.1) is 0 Å². The van der Waals surface area contributed by atoms with Crippen LogP contribution in [0.5, 0.6) is 0 Å². The molecule has 0 bridgehead atoms. The van der Waals surface area contributed by atoms with Crippen LogP contribution in [0.25, 0.3) is 0 Å². The molecule has 1 aliphatic rings. The summed E-state index contributed by atoms with van der Waals surface area (Å²) in [5.41, 5.74) is 12.8. The van der Waals surface area contributed by atoms with E-state index in [1.807, 2.05) is 6.92 Å². The Morgan fingerprint density at radius 1 is 1.37 bits per heavy atom. The van der Waals surface area contributed by atoms with Crippen molar-refractivity contribution in [1.29, 1.82) is 0 Å². The van der Waals surface area contributed by atoms with E-state index >= 15 is 0 Å². The number of anilines is 2. The summed E-state index contributed by atoms with van der Waals surface area (Å²) in [6.07, 6.45) is -0.445. The predicted molar refractivity (Wildman–Crippen MR) is 72.6 cm³/mol. The quantitative estimate of drug-likeness (QED) is 0.657. The normalized spacial score (nSPS) is 23.4. The fourth-order valence-corrected chi connectivity index (χ4v) is 2.29. The number of carbonyl (C=O) groups excluding carboxylic acids is 1. The van der Waals surface area contributed by atoms with Gasteiger partial charge in [-0.25, -0.2) is 0 Å². The monoisotopic (exact) mass is 265 g/mol. The Hall–Kier alpha value is -1.79. The van der Waals surface area contributed by atoms with E-state index < -0.39 is 0 Å². The molecule has 2 rings (SSSR count). The maximum atomic E-state index is 12.4. The fourth-order valence-electron chi connectivity index (χ4n) is 2.29. The number of hydrogen-bond donors (Lipinski definition) is 3. The molecule has 1 fully saturated rings. The third-order valence-electron chi connectivity index (χ3n) is 3.04. The van der Waals surface area contributed by atoms with Crippen LogP contribution in [-0.4, -0.2) is 47.8 Å². The van der Waals surface area contributed by atoms with Crippen molar-refractivity contribution in [2.45, 2.75) is 19.1 Å². The second-order valence-electron chi connectivity index (χ2n) is 4.85. The molecule has 19 heavy (non-hydrogen) atoms. The molecule has 6 heteroatoms. The molecule has 6 nitrogen and oxygen atoms in total. The number of aliphatic hydroxyl groups excluding tert-OH is 1. The van der Waals surface area contributed by atoms with Gasteiger partial charge in [-0.2, -0.15) is 0 Å². The second-order valence-corrected chi connectivity index (χ2v) is 4.85. The number of morpholine rings is 1. The lowest BCUT2D eigenvalue weighted by molar-refractivity contribution is -0.0858. The van der Waals surface area contributed by atoms with Crippen molar-refractivity contribution in [3.05, 3.63) is 23.8 Å². The first-order valence-corrected chi connectivity index (χ1v) is 6.21. The number of nitrogens with two attached hydrogens (primary N) is 2. The molecule has 1 amide bonds. The summed E-state index contributed by atoms with van der Waals surface area (Å²) in [7, 11) is 0. The van der Waals surface area contributed by atoms with E-state index in [1.54, 1.807) is 23.1 Å². The van der Waals surface area contributed by atoms with Crippen LogP contribution in [0.15, 0.2) is 18.2 Å². The zero-order chi connectivity index (χ0) is 14.0. The largest absolute Gasteiger partial charge is 0.399 e. The maximum Gasteiger partial charge on any atom is 0.254 e. The van der Waals surface area contributed by atoms with E-state index in [4.69, 9.17) is 21.3 Å². The molecular weight excluding hydrogens is 246 g/mol. The topological polar surface area (TPSA) is 102 Å². The zero-order valence-corrected chi connectivity index (χ0v) is 10.9. The highest BCUT2D eigenvalue weighted by Crippen LogP contribution is 2.18. The molecule has 5 N–H and O–H groups in total. The molecule has 1 saturated heterocycles. The fraction of sp³-hybridized carbons (Fsp3) is 0.462. The summed E-state index contributed by atoms with van der Waals surface area (Å²) in [6.45, 7) is 2.63. The summed E-state index contributed by atoms with van der Waals surface area (Å²) in [5.74, 6) is -0.146. The van der Waals surface area contributed by atoms with Gasteiger partial charge in [0.2, 0.25) is 0 Å². The van der Waals surface area contributed by atoms with Crippen LogP contribution in [-0.2, 0) is 4.74 Å².